The molecule has 27 heavy (non-hydrogen) atoms. The van der Waals surface area contributed by atoms with Crippen molar-refractivity contribution in [3.63, 3.8) is 0 Å². The van der Waals surface area contributed by atoms with Gasteiger partial charge in [-0.1, -0.05) is 54.2 Å². The fraction of sp³-hybridized carbons (Fsp3) is 0.350. The first kappa shape index (κ1) is 19.4. The normalized spacial score (nSPS) is 22.3. The highest BCUT2D eigenvalue weighted by atomic mass is 32.2. The summed E-state index contributed by atoms with van der Waals surface area (Å²) >= 11 is 1.41. The van der Waals surface area contributed by atoms with Gasteiger partial charge >= 0.3 is 5.97 Å². The van der Waals surface area contributed by atoms with Gasteiger partial charge < -0.3 is 9.47 Å². The maximum Gasteiger partial charge on any atom is 0.338 e. The van der Waals surface area contributed by atoms with E-state index in [1.807, 2.05) is 49.4 Å². The second kappa shape index (κ2) is 8.54. The second-order valence-electron chi connectivity index (χ2n) is 6.21. The molecule has 2 aliphatic heterocycles. The van der Waals surface area contributed by atoms with Crippen LogP contribution >= 0.6 is 11.8 Å². The maximum atomic E-state index is 12.7. The molecule has 0 aliphatic carbocycles. The molecule has 2 unspecified atom stereocenters. The van der Waals surface area contributed by atoms with Crippen LogP contribution in [-0.4, -0.2) is 53.6 Å². The molecule has 142 valence electrons. The molecule has 0 saturated carbocycles. The van der Waals surface area contributed by atoms with E-state index in [0.29, 0.717) is 23.0 Å². The van der Waals surface area contributed by atoms with E-state index in [0.717, 1.165) is 5.56 Å². The number of allylic oxidation sites excluding steroid dienone is 1. The van der Waals surface area contributed by atoms with Crippen molar-refractivity contribution in [2.45, 2.75) is 25.1 Å². The number of hydrogen-bond acceptors (Lipinski definition) is 6. The number of esters is 1. The second-order valence-corrected chi connectivity index (χ2v) is 7.51. The number of benzene rings is 1. The number of amides is 1. The summed E-state index contributed by atoms with van der Waals surface area (Å²) in [6.07, 6.45) is 3.77. The molecule has 6 nitrogen and oxygen atoms in total. The van der Waals surface area contributed by atoms with Crippen LogP contribution in [0.4, 0.5) is 0 Å². The summed E-state index contributed by atoms with van der Waals surface area (Å²) in [7, 11) is 1.54. The quantitative estimate of drug-likeness (QED) is 0.555. The summed E-state index contributed by atoms with van der Waals surface area (Å²) in [5.41, 5.74) is 1.93. The number of methoxy groups -OCH3 is 1. The van der Waals surface area contributed by atoms with Crippen LogP contribution in [-0.2, 0) is 19.1 Å². The molecule has 1 aromatic rings. The molecule has 0 spiro atoms. The summed E-state index contributed by atoms with van der Waals surface area (Å²) < 4.78 is 10.3. The van der Waals surface area contributed by atoms with Gasteiger partial charge in [0.25, 0.3) is 0 Å². The molecule has 2 aliphatic rings. The van der Waals surface area contributed by atoms with Crippen molar-refractivity contribution < 1.29 is 19.1 Å². The van der Waals surface area contributed by atoms with Crippen LogP contribution in [0.3, 0.4) is 0 Å². The van der Waals surface area contributed by atoms with Crippen LogP contribution in [0, 0.1) is 0 Å². The van der Waals surface area contributed by atoms with Crippen LogP contribution in [0.5, 0.6) is 0 Å². The molecular weight excluding hydrogens is 364 g/mol. The Morgan fingerprint density at radius 1 is 1.30 bits per heavy atom. The molecule has 1 aromatic carbocycles. The third-order valence-corrected chi connectivity index (χ3v) is 5.37. The van der Waals surface area contributed by atoms with E-state index in [1.54, 1.807) is 18.9 Å². The number of ether oxygens (including phenoxy) is 2. The van der Waals surface area contributed by atoms with E-state index < -0.39 is 12.0 Å². The number of hydrogen-bond donors (Lipinski definition) is 0. The number of nitrogens with zero attached hydrogens (tertiary/aromatic N) is 2. The average molecular weight is 386 g/mol. The summed E-state index contributed by atoms with van der Waals surface area (Å²) in [5, 5.41) is 0.397. The van der Waals surface area contributed by atoms with Gasteiger partial charge in [0.05, 0.1) is 29.2 Å². The molecule has 2 atom stereocenters. The lowest BCUT2D eigenvalue weighted by atomic mass is 10.00. The minimum atomic E-state index is -0.544. The van der Waals surface area contributed by atoms with Crippen molar-refractivity contribution in [2.24, 2.45) is 4.99 Å². The van der Waals surface area contributed by atoms with Crippen LogP contribution < -0.4 is 0 Å². The monoisotopic (exact) mass is 386 g/mol. The molecule has 7 heteroatoms. The van der Waals surface area contributed by atoms with Gasteiger partial charge in [-0.15, -0.1) is 0 Å². The number of aliphatic imine (C=N–C) groups is 1. The van der Waals surface area contributed by atoms with E-state index in [-0.39, 0.29) is 17.8 Å². The largest absolute Gasteiger partial charge is 0.460 e. The first-order valence-corrected chi connectivity index (χ1v) is 9.59. The van der Waals surface area contributed by atoms with Crippen molar-refractivity contribution >= 4 is 34.9 Å². The van der Waals surface area contributed by atoms with E-state index in [4.69, 9.17) is 9.47 Å². The maximum absolute atomic E-state index is 12.7. The highest BCUT2D eigenvalue weighted by Crippen LogP contribution is 2.36. The van der Waals surface area contributed by atoms with E-state index >= 15 is 0 Å². The Bertz CT molecular complexity index is 817. The molecule has 0 N–H and O–H groups in total. The third kappa shape index (κ3) is 4.14. The van der Waals surface area contributed by atoms with Crippen molar-refractivity contribution in [1.29, 1.82) is 0 Å². The Morgan fingerprint density at radius 3 is 2.74 bits per heavy atom. The minimum absolute atomic E-state index is 0.0591. The lowest BCUT2D eigenvalue weighted by Crippen LogP contribution is -2.45. The lowest BCUT2D eigenvalue weighted by molar-refractivity contribution is -0.141. The summed E-state index contributed by atoms with van der Waals surface area (Å²) in [4.78, 5) is 31.5. The zero-order valence-electron chi connectivity index (χ0n) is 15.5. The molecule has 0 radical (unpaired) electrons. The molecule has 1 amide bonds. The zero-order chi connectivity index (χ0) is 19.4. The Labute approximate surface area is 162 Å². The first-order valence-electron chi connectivity index (χ1n) is 8.71. The number of amidine groups is 1. The van der Waals surface area contributed by atoms with Crippen molar-refractivity contribution in [1.82, 2.24) is 4.90 Å². The molecule has 3 rings (SSSR count). The summed E-state index contributed by atoms with van der Waals surface area (Å²) in [6.45, 7) is 4.08. The van der Waals surface area contributed by atoms with Gasteiger partial charge in [-0.25, -0.2) is 9.79 Å². The molecular formula is C20H22N2O4S. The molecule has 0 aromatic heterocycles. The van der Waals surface area contributed by atoms with Crippen molar-refractivity contribution in [3.05, 3.63) is 53.2 Å². The smallest absolute Gasteiger partial charge is 0.338 e. The molecule has 1 saturated heterocycles. The minimum Gasteiger partial charge on any atom is -0.460 e. The van der Waals surface area contributed by atoms with Gasteiger partial charge in [0.15, 0.2) is 5.17 Å². The fourth-order valence-corrected chi connectivity index (χ4v) is 3.99. The van der Waals surface area contributed by atoms with E-state index in [2.05, 4.69) is 4.99 Å². The Hall–Kier alpha value is -2.38. The third-order valence-electron chi connectivity index (χ3n) is 4.31. The summed E-state index contributed by atoms with van der Waals surface area (Å²) in [6, 6.07) is 9.20. The molecule has 2 heterocycles. The first-order chi connectivity index (χ1) is 13.0. The van der Waals surface area contributed by atoms with E-state index in [9.17, 15) is 9.59 Å². The van der Waals surface area contributed by atoms with Gasteiger partial charge in [-0.05, 0) is 19.4 Å². The predicted octanol–water partition coefficient (Wildman–Crippen LogP) is 2.87. The van der Waals surface area contributed by atoms with Crippen LogP contribution in [0.2, 0.25) is 0 Å². The molecule has 1 fully saturated rings. The zero-order valence-corrected chi connectivity index (χ0v) is 16.4. The standard InChI is InChI=1S/C20H22N2O4S/c1-13-17(19(24)26-12-11-25-3)16(10-9-15-7-5-4-6-8-15)22-18(23)14(2)27-20(22)21-13/h4-10,14,16H,11-12H2,1-3H3. The van der Waals surface area contributed by atoms with Gasteiger partial charge in [0, 0.05) is 7.11 Å². The van der Waals surface area contributed by atoms with Gasteiger partial charge in [0.2, 0.25) is 5.91 Å². The fourth-order valence-electron chi connectivity index (χ4n) is 2.95. The SMILES string of the molecule is COCCOC(=O)C1=C(C)N=C2SC(C)C(=O)N2C1C=Cc1ccccc1. The summed E-state index contributed by atoms with van der Waals surface area (Å²) in [5.74, 6) is -0.538. The highest BCUT2D eigenvalue weighted by Gasteiger charge is 2.44. The van der Waals surface area contributed by atoms with Gasteiger partial charge in [-0.2, -0.15) is 0 Å². The Morgan fingerprint density at radius 2 is 2.04 bits per heavy atom. The van der Waals surface area contributed by atoms with Gasteiger partial charge in [0.1, 0.15) is 6.61 Å². The number of rotatable bonds is 6. The number of thioether (sulfide) groups is 1. The lowest BCUT2D eigenvalue weighted by Gasteiger charge is -2.30. The van der Waals surface area contributed by atoms with Crippen molar-refractivity contribution in [3.8, 4) is 0 Å². The van der Waals surface area contributed by atoms with Crippen LogP contribution in [0.15, 0.2) is 52.7 Å². The topological polar surface area (TPSA) is 68.2 Å². The highest BCUT2D eigenvalue weighted by molar-refractivity contribution is 8.15. The van der Waals surface area contributed by atoms with Gasteiger partial charge in [-0.3, -0.25) is 9.69 Å². The van der Waals surface area contributed by atoms with Crippen LogP contribution in [0.25, 0.3) is 6.08 Å². The number of carbonyl (C=O) groups is 2. The Balaban J connectivity index is 1.95. The predicted molar refractivity (Wildman–Crippen MR) is 106 cm³/mol. The number of carbonyl (C=O) groups excluding carboxylic acids is 2. The van der Waals surface area contributed by atoms with Crippen molar-refractivity contribution in [2.75, 3.05) is 20.3 Å². The average Bonchev–Trinajstić information content (AvgIpc) is 2.94. The number of fused-ring (bicyclic) bond motifs is 1. The van der Waals surface area contributed by atoms with Crippen LogP contribution in [0.1, 0.15) is 19.4 Å². The molecule has 0 bridgehead atoms. The van der Waals surface area contributed by atoms with E-state index in [1.165, 1.54) is 11.8 Å². The Kier molecular flexibility index (Phi) is 6.13.